The van der Waals surface area contributed by atoms with Gasteiger partial charge in [-0.05, 0) is 29.0 Å². The van der Waals surface area contributed by atoms with Gasteiger partial charge in [0.1, 0.15) is 11.5 Å². The van der Waals surface area contributed by atoms with E-state index in [4.69, 9.17) is 14.2 Å². The van der Waals surface area contributed by atoms with Crippen LogP contribution >= 0.6 is 23.5 Å². The Morgan fingerprint density at radius 2 is 1.93 bits per heavy atom. The van der Waals surface area contributed by atoms with E-state index in [2.05, 4.69) is 4.90 Å². The molecule has 3 aliphatic rings. The molecule has 0 radical (unpaired) electrons. The lowest BCUT2D eigenvalue weighted by Gasteiger charge is -2.28. The summed E-state index contributed by atoms with van der Waals surface area (Å²) < 4.78 is 17.4. The number of ether oxygens (including phenoxy) is 3. The molecule has 0 spiro atoms. The molecule has 0 aliphatic carbocycles. The number of benzene rings is 1. The first-order valence-electron chi connectivity index (χ1n) is 9.13. The van der Waals surface area contributed by atoms with Gasteiger partial charge in [0.05, 0.1) is 35.7 Å². The van der Waals surface area contributed by atoms with Crippen molar-refractivity contribution in [2.45, 2.75) is 12.5 Å². The smallest absolute Gasteiger partial charge is 0.208 e. The SMILES string of the molecule is COc1ccc2c(c1)C(=O)C(=C1SC=CS1)C(=O)C(CCN1CCOCC1)O2. The molecule has 148 valence electrons. The van der Waals surface area contributed by atoms with Crippen LogP contribution in [0.2, 0.25) is 0 Å². The first kappa shape index (κ1) is 19.6. The van der Waals surface area contributed by atoms with Gasteiger partial charge >= 0.3 is 0 Å². The van der Waals surface area contributed by atoms with E-state index in [1.54, 1.807) is 25.3 Å². The van der Waals surface area contributed by atoms with Crippen LogP contribution in [0.3, 0.4) is 0 Å². The van der Waals surface area contributed by atoms with Crippen molar-refractivity contribution in [2.24, 2.45) is 0 Å². The summed E-state index contributed by atoms with van der Waals surface area (Å²) in [6.45, 7) is 3.82. The number of hydrogen-bond donors (Lipinski definition) is 0. The number of Topliss-reactive ketones (excluding diaryl/α,β-unsaturated/α-hetero) is 2. The average Bonchev–Trinajstić information content (AvgIpc) is 3.23. The highest BCUT2D eigenvalue weighted by Crippen LogP contribution is 2.43. The van der Waals surface area contributed by atoms with Gasteiger partial charge in [-0.1, -0.05) is 23.5 Å². The van der Waals surface area contributed by atoms with Gasteiger partial charge in [0.15, 0.2) is 6.10 Å². The topological polar surface area (TPSA) is 65.1 Å². The van der Waals surface area contributed by atoms with Crippen molar-refractivity contribution < 1.29 is 23.8 Å². The van der Waals surface area contributed by atoms with Crippen molar-refractivity contribution in [3.63, 3.8) is 0 Å². The Labute approximate surface area is 172 Å². The molecule has 0 N–H and O–H groups in total. The van der Waals surface area contributed by atoms with Crippen LogP contribution in [0.15, 0.2) is 38.8 Å². The molecule has 1 atom stereocenters. The zero-order chi connectivity index (χ0) is 19.5. The third kappa shape index (κ3) is 4.00. The summed E-state index contributed by atoms with van der Waals surface area (Å²) in [5, 5.41) is 3.77. The van der Waals surface area contributed by atoms with Gasteiger partial charge in [-0.2, -0.15) is 0 Å². The molecular weight excluding hydrogens is 398 g/mol. The van der Waals surface area contributed by atoms with Crippen molar-refractivity contribution in [2.75, 3.05) is 40.0 Å². The van der Waals surface area contributed by atoms with Crippen LogP contribution in [0.5, 0.6) is 11.5 Å². The zero-order valence-electron chi connectivity index (χ0n) is 15.5. The fraction of sp³-hybridized carbons (Fsp3) is 0.400. The lowest BCUT2D eigenvalue weighted by molar-refractivity contribution is -0.122. The van der Waals surface area contributed by atoms with Crippen molar-refractivity contribution in [1.82, 2.24) is 4.90 Å². The van der Waals surface area contributed by atoms with E-state index in [1.165, 1.54) is 23.5 Å². The van der Waals surface area contributed by atoms with Gasteiger partial charge in [-0.25, -0.2) is 0 Å². The van der Waals surface area contributed by atoms with Crippen LogP contribution in [-0.4, -0.2) is 62.5 Å². The molecule has 3 aliphatic heterocycles. The molecule has 1 unspecified atom stereocenters. The van der Waals surface area contributed by atoms with Gasteiger partial charge in [-0.3, -0.25) is 14.5 Å². The largest absolute Gasteiger partial charge is 0.497 e. The number of thioether (sulfide) groups is 2. The van der Waals surface area contributed by atoms with Crippen molar-refractivity contribution in [3.05, 3.63) is 44.4 Å². The van der Waals surface area contributed by atoms with E-state index in [1.807, 2.05) is 10.8 Å². The fourth-order valence-corrected chi connectivity index (χ4v) is 5.23. The number of methoxy groups -OCH3 is 1. The summed E-state index contributed by atoms with van der Waals surface area (Å²) in [4.78, 5) is 28.8. The minimum atomic E-state index is -0.689. The third-order valence-electron chi connectivity index (χ3n) is 4.89. The molecular formula is C20H21NO5S2. The molecule has 8 heteroatoms. The molecule has 3 heterocycles. The number of rotatable bonds is 4. The number of fused-ring (bicyclic) bond motifs is 1. The van der Waals surface area contributed by atoms with E-state index in [9.17, 15) is 9.59 Å². The maximum Gasteiger partial charge on any atom is 0.208 e. The number of nitrogens with zero attached hydrogens (tertiary/aromatic N) is 1. The molecule has 1 aromatic carbocycles. The normalized spacial score (nSPS) is 22.8. The molecule has 0 bridgehead atoms. The Bertz CT molecular complexity index is 835. The second kappa shape index (κ2) is 8.73. The van der Waals surface area contributed by atoms with Crippen LogP contribution in [0, 0.1) is 0 Å². The van der Waals surface area contributed by atoms with E-state index in [0.717, 1.165) is 19.6 Å². The third-order valence-corrected chi connectivity index (χ3v) is 7.02. The van der Waals surface area contributed by atoms with Crippen molar-refractivity contribution in [3.8, 4) is 11.5 Å². The highest BCUT2D eigenvalue weighted by atomic mass is 32.2. The van der Waals surface area contributed by atoms with Gasteiger partial charge in [0.25, 0.3) is 0 Å². The summed E-state index contributed by atoms with van der Waals surface area (Å²) in [6.07, 6.45) is -0.164. The Balaban J connectivity index is 1.66. The quantitative estimate of drug-likeness (QED) is 0.545. The Morgan fingerprint density at radius 1 is 1.18 bits per heavy atom. The first-order chi connectivity index (χ1) is 13.7. The van der Waals surface area contributed by atoms with E-state index >= 15 is 0 Å². The second-order valence-electron chi connectivity index (χ2n) is 6.57. The minimum absolute atomic E-state index is 0.221. The Kier molecular flexibility index (Phi) is 6.10. The van der Waals surface area contributed by atoms with Gasteiger partial charge in [0, 0.05) is 26.1 Å². The summed E-state index contributed by atoms with van der Waals surface area (Å²) in [6, 6.07) is 5.10. The number of hydrogen-bond acceptors (Lipinski definition) is 8. The molecule has 4 rings (SSSR count). The fourth-order valence-electron chi connectivity index (χ4n) is 3.36. The summed E-state index contributed by atoms with van der Waals surface area (Å²) in [7, 11) is 1.55. The summed E-state index contributed by atoms with van der Waals surface area (Å²) in [5.74, 6) is 0.449. The highest BCUT2D eigenvalue weighted by molar-refractivity contribution is 8.27. The maximum absolute atomic E-state index is 13.3. The Hall–Kier alpha value is -1.74. The molecule has 1 saturated heterocycles. The van der Waals surface area contributed by atoms with Gasteiger partial charge in [-0.15, -0.1) is 0 Å². The molecule has 0 amide bonds. The van der Waals surface area contributed by atoms with Crippen molar-refractivity contribution >= 4 is 35.1 Å². The van der Waals surface area contributed by atoms with Crippen LogP contribution in [-0.2, 0) is 9.53 Å². The zero-order valence-corrected chi connectivity index (χ0v) is 17.1. The monoisotopic (exact) mass is 419 g/mol. The number of ketones is 2. The highest BCUT2D eigenvalue weighted by Gasteiger charge is 2.37. The molecule has 28 heavy (non-hydrogen) atoms. The van der Waals surface area contributed by atoms with Crippen LogP contribution in [0.1, 0.15) is 16.8 Å². The van der Waals surface area contributed by atoms with E-state index in [-0.39, 0.29) is 17.1 Å². The lowest BCUT2D eigenvalue weighted by atomic mass is 9.98. The average molecular weight is 420 g/mol. The minimum Gasteiger partial charge on any atom is -0.497 e. The van der Waals surface area contributed by atoms with Crippen molar-refractivity contribution in [1.29, 1.82) is 0 Å². The predicted molar refractivity (Wildman–Crippen MR) is 110 cm³/mol. The molecule has 0 aromatic heterocycles. The molecule has 0 saturated carbocycles. The number of carbonyl (C=O) groups is 2. The first-order valence-corrected chi connectivity index (χ1v) is 10.9. The van der Waals surface area contributed by atoms with Crippen LogP contribution in [0.25, 0.3) is 0 Å². The summed E-state index contributed by atoms with van der Waals surface area (Å²) >= 11 is 2.81. The Morgan fingerprint density at radius 3 is 2.64 bits per heavy atom. The lowest BCUT2D eigenvalue weighted by Crippen LogP contribution is -2.40. The maximum atomic E-state index is 13.3. The van der Waals surface area contributed by atoms with E-state index < -0.39 is 6.10 Å². The number of morpholine rings is 1. The molecule has 1 aromatic rings. The van der Waals surface area contributed by atoms with E-state index in [0.29, 0.717) is 40.9 Å². The summed E-state index contributed by atoms with van der Waals surface area (Å²) in [5.41, 5.74) is 0.594. The molecule has 6 nitrogen and oxygen atoms in total. The molecule has 1 fully saturated rings. The predicted octanol–water partition coefficient (Wildman–Crippen LogP) is 3.09. The standard InChI is InChI=1S/C20H21NO5S2/c1-24-13-2-3-15-14(12-13)18(22)17(20-27-10-11-28-20)19(23)16(26-15)4-5-21-6-8-25-9-7-21/h2-3,10-12,16H,4-9H2,1H3. The van der Waals surface area contributed by atoms with Crippen LogP contribution in [0.4, 0.5) is 0 Å². The van der Waals surface area contributed by atoms with Crippen LogP contribution < -0.4 is 9.47 Å². The van der Waals surface area contributed by atoms with Gasteiger partial charge in [0.2, 0.25) is 11.6 Å². The second-order valence-corrected chi connectivity index (χ2v) is 8.67. The number of carbonyl (C=O) groups excluding carboxylic acids is 2. The van der Waals surface area contributed by atoms with Gasteiger partial charge < -0.3 is 14.2 Å².